The van der Waals surface area contributed by atoms with Gasteiger partial charge in [0, 0.05) is 129 Å². The molecule has 12 atom stereocenters. The van der Waals surface area contributed by atoms with Crippen LogP contribution in [-0.2, 0) is 9.47 Å². The first kappa shape index (κ1) is 60.0. The number of likely N-dealkylation sites (N-methyl/N-ethyl adjacent to an activating group) is 2. The number of ether oxygens (including phenoxy) is 4. The summed E-state index contributed by atoms with van der Waals surface area (Å²) in [6, 6.07) is 49.9. The Morgan fingerprint density at radius 1 is 0.488 bits per heavy atom. The summed E-state index contributed by atoms with van der Waals surface area (Å²) in [6.45, 7) is 3.93. The molecular formula is C70H80N8O8. The lowest BCUT2D eigenvalue weighted by Gasteiger charge is -2.59. The van der Waals surface area contributed by atoms with Gasteiger partial charge in [0.15, 0.2) is 0 Å². The number of β-amino-alcohol motifs (C(OH)–C–C–N with tert-alkyl or cyclic N) is 1. The summed E-state index contributed by atoms with van der Waals surface area (Å²) in [7, 11) is 13.3. The smallest absolute Gasteiger partial charge is 0.321 e. The number of aliphatic hydroxyl groups excluding tert-OH is 2. The fourth-order valence-electron chi connectivity index (χ4n) is 13.1. The average Bonchev–Trinajstić information content (AvgIpc) is 1.38. The molecule has 4 saturated heterocycles. The fraction of sp³-hybridized carbons (Fsp3) is 0.400. The molecule has 86 heavy (non-hydrogen) atoms. The van der Waals surface area contributed by atoms with Crippen LogP contribution < -0.4 is 20.1 Å². The number of anilines is 2. The molecule has 11 rings (SSSR count). The molecule has 1 saturated carbocycles. The first-order valence-corrected chi connectivity index (χ1v) is 29.9. The molecule has 0 bridgehead atoms. The maximum atomic E-state index is 14.1. The zero-order valence-electron chi connectivity index (χ0n) is 50.3. The van der Waals surface area contributed by atoms with Crippen LogP contribution in [-0.4, -0.2) is 208 Å². The number of benzene rings is 6. The van der Waals surface area contributed by atoms with Gasteiger partial charge in [-0.3, -0.25) is 9.80 Å². The molecule has 6 aromatic rings. The van der Waals surface area contributed by atoms with Crippen molar-refractivity contribution >= 4 is 23.4 Å². The topological polar surface area (TPSA) is 155 Å². The second-order valence-electron chi connectivity index (χ2n) is 24.1. The number of amides is 4. The maximum absolute atomic E-state index is 14.1. The highest BCUT2D eigenvalue weighted by molar-refractivity contribution is 5.90. The predicted molar refractivity (Wildman–Crippen MR) is 335 cm³/mol. The summed E-state index contributed by atoms with van der Waals surface area (Å²) in [6.07, 6.45) is -1.72. The number of nitrogens with zero attached hydrogens (tertiary/aromatic N) is 6. The summed E-state index contributed by atoms with van der Waals surface area (Å²) in [5.41, 5.74) is 8.59. The van der Waals surface area contributed by atoms with E-state index in [9.17, 15) is 19.8 Å². The molecule has 2 unspecified atom stereocenters. The van der Waals surface area contributed by atoms with E-state index in [1.54, 1.807) is 26.2 Å². The van der Waals surface area contributed by atoms with E-state index in [0.717, 1.165) is 53.1 Å². The molecule has 1 aliphatic carbocycles. The molecule has 448 valence electrons. The van der Waals surface area contributed by atoms with E-state index in [4.69, 9.17) is 18.9 Å². The van der Waals surface area contributed by atoms with Crippen molar-refractivity contribution in [2.45, 2.75) is 78.9 Å². The second kappa shape index (κ2) is 26.9. The fourth-order valence-corrected chi connectivity index (χ4v) is 13.1. The molecule has 5 fully saturated rings. The number of urea groups is 2. The van der Waals surface area contributed by atoms with E-state index in [2.05, 4.69) is 141 Å². The van der Waals surface area contributed by atoms with E-state index in [-0.39, 0.29) is 78.8 Å². The van der Waals surface area contributed by atoms with Gasteiger partial charge in [0.2, 0.25) is 0 Å². The van der Waals surface area contributed by atoms with Crippen LogP contribution in [0.5, 0.6) is 11.5 Å². The van der Waals surface area contributed by atoms with E-state index in [1.165, 1.54) is 11.1 Å². The van der Waals surface area contributed by atoms with Crippen LogP contribution >= 0.6 is 0 Å². The number of hydrogen-bond donors (Lipinski definition) is 4. The molecule has 5 aliphatic rings. The zero-order chi connectivity index (χ0) is 60.0. The molecule has 6 aromatic carbocycles. The van der Waals surface area contributed by atoms with Crippen LogP contribution in [0, 0.1) is 23.7 Å². The van der Waals surface area contributed by atoms with Gasteiger partial charge >= 0.3 is 12.1 Å². The van der Waals surface area contributed by atoms with E-state index >= 15 is 0 Å². The highest BCUT2D eigenvalue weighted by atomic mass is 16.5. The molecule has 4 amide bonds. The Morgan fingerprint density at radius 3 is 1.37 bits per heavy atom. The minimum Gasteiger partial charge on any atom is -0.497 e. The second-order valence-corrected chi connectivity index (χ2v) is 24.1. The lowest BCUT2D eigenvalue weighted by molar-refractivity contribution is -0.123. The van der Waals surface area contributed by atoms with Crippen molar-refractivity contribution < 1.29 is 38.7 Å². The van der Waals surface area contributed by atoms with Gasteiger partial charge in [-0.1, -0.05) is 78.3 Å². The van der Waals surface area contributed by atoms with Crippen molar-refractivity contribution in [2.75, 3.05) is 113 Å². The SMILES string of the molecule is COc1ccc(NC(=O)N2C[C@@H](OC)[C@@H](OC)CN3[C@H](CN(C)C)[C@H](c4ccc(C#Cc5ccc(C6CC6Oc6ccc(NC(=O)N7C[C@@H](O)[C@@H](O)CN8[C@H](CN(C)C)[C@H](c9ccc(C#Cc%10ccccc%10)cc9)[C@@H]8C7)cc6)cc5)cc4)[C@@H]3C2)cc1. The van der Waals surface area contributed by atoms with Crippen LogP contribution in [0.4, 0.5) is 21.0 Å². The number of fused-ring (bicyclic) bond motifs is 2. The average molecular weight is 1160 g/mol. The summed E-state index contributed by atoms with van der Waals surface area (Å²) >= 11 is 0. The largest absolute Gasteiger partial charge is 0.497 e. The molecule has 0 radical (unpaired) electrons. The summed E-state index contributed by atoms with van der Waals surface area (Å²) in [4.78, 5) is 40.7. The number of carbonyl (C=O) groups is 2. The standard InChI is InChI=1S/C70H80N8O8/c1-73(2)38-58-67(51-25-19-48(20-26-51)14-13-46-11-9-8-10-12-46)60-40-75(42-62(79)63(80)43-77(58)60)69(81)71-54-31-35-56(36-32-54)86-64-37-57(64)50-23-17-47(18-24-50)15-16-49-21-27-52(28-22-49)68-59(39-74(3)4)78-45-66(85-7)65(84-6)44-76(41-61(68)78)70(82)72-53-29-33-55(83-5)34-30-53/h8-12,17-36,57-68,79-80H,37-45H2,1-7H3,(H,71,81)(H,72,82)/t57?,58-,59-,60+,61+,62-,63+,64?,65-,66+,67+,68+/m1/s1. The quantitative estimate of drug-likeness (QED) is 0.0792. The highest BCUT2D eigenvalue weighted by Gasteiger charge is 2.54. The van der Waals surface area contributed by atoms with Crippen LogP contribution in [0.25, 0.3) is 0 Å². The highest BCUT2D eigenvalue weighted by Crippen LogP contribution is 2.46. The van der Waals surface area contributed by atoms with Crippen LogP contribution in [0.3, 0.4) is 0 Å². The third-order valence-electron chi connectivity index (χ3n) is 17.8. The summed E-state index contributed by atoms with van der Waals surface area (Å²) in [5, 5.41) is 28.5. The Balaban J connectivity index is 0.691. The Bertz CT molecular complexity index is 3380. The summed E-state index contributed by atoms with van der Waals surface area (Å²) < 4.78 is 23.8. The number of nitrogens with one attached hydrogen (secondary N) is 2. The van der Waals surface area contributed by atoms with Crippen molar-refractivity contribution in [2.24, 2.45) is 0 Å². The first-order chi connectivity index (χ1) is 41.7. The molecule has 4 aliphatic heterocycles. The molecule has 4 heterocycles. The van der Waals surface area contributed by atoms with Crippen molar-refractivity contribution in [1.82, 2.24) is 29.4 Å². The minimum atomic E-state index is -1.10. The first-order valence-electron chi connectivity index (χ1n) is 29.9. The Hall–Kier alpha value is -7.74. The number of methoxy groups -OCH3 is 3. The summed E-state index contributed by atoms with van der Waals surface area (Å²) in [5.74, 6) is 15.2. The molecule has 0 spiro atoms. The molecular weight excluding hydrogens is 1080 g/mol. The Labute approximate surface area is 506 Å². The predicted octanol–water partition coefficient (Wildman–Crippen LogP) is 7.67. The monoisotopic (exact) mass is 1160 g/mol. The molecule has 4 N–H and O–H groups in total. The molecule has 16 nitrogen and oxygen atoms in total. The third-order valence-corrected chi connectivity index (χ3v) is 17.8. The van der Waals surface area contributed by atoms with Crippen LogP contribution in [0.15, 0.2) is 152 Å². The number of rotatable bonds is 14. The van der Waals surface area contributed by atoms with Gasteiger partial charge in [-0.05, 0) is 148 Å². The van der Waals surface area contributed by atoms with E-state index in [1.807, 2.05) is 97.9 Å². The lowest BCUT2D eigenvalue weighted by Crippen LogP contribution is -2.72. The van der Waals surface area contributed by atoms with Crippen molar-refractivity contribution in [3.8, 4) is 35.2 Å². The van der Waals surface area contributed by atoms with Gasteiger partial charge in [-0.2, -0.15) is 0 Å². The number of aliphatic hydroxyl groups is 2. The van der Waals surface area contributed by atoms with Crippen LogP contribution in [0.2, 0.25) is 0 Å². The minimum absolute atomic E-state index is 0.00650. The normalized spacial score (nSPS) is 26.3. The van der Waals surface area contributed by atoms with Crippen molar-refractivity contribution in [3.05, 3.63) is 191 Å². The van der Waals surface area contributed by atoms with E-state index < -0.39 is 12.2 Å². The lowest BCUT2D eigenvalue weighted by atomic mass is 9.73. The Kier molecular flexibility index (Phi) is 18.8. The maximum Gasteiger partial charge on any atom is 0.321 e. The molecule has 0 aromatic heterocycles. The van der Waals surface area contributed by atoms with Crippen LogP contribution in [0.1, 0.15) is 63.1 Å². The van der Waals surface area contributed by atoms with Gasteiger partial charge in [0.25, 0.3) is 0 Å². The number of hydrogen-bond acceptors (Lipinski definition) is 12. The number of carbonyl (C=O) groups excluding carboxylic acids is 2. The Morgan fingerprint density at radius 2 is 0.907 bits per heavy atom. The van der Waals surface area contributed by atoms with E-state index in [0.29, 0.717) is 49.8 Å². The van der Waals surface area contributed by atoms with Gasteiger partial charge in [-0.25, -0.2) is 9.59 Å². The molecule has 16 heteroatoms. The third kappa shape index (κ3) is 13.9. The van der Waals surface area contributed by atoms with Gasteiger partial charge < -0.3 is 59.4 Å². The van der Waals surface area contributed by atoms with Crippen molar-refractivity contribution in [3.63, 3.8) is 0 Å². The van der Waals surface area contributed by atoms with Gasteiger partial charge in [-0.15, -0.1) is 0 Å². The zero-order valence-corrected chi connectivity index (χ0v) is 50.3. The van der Waals surface area contributed by atoms with Crippen molar-refractivity contribution in [1.29, 1.82) is 0 Å². The van der Waals surface area contributed by atoms with Gasteiger partial charge in [0.05, 0.1) is 38.5 Å². The van der Waals surface area contributed by atoms with Gasteiger partial charge in [0.1, 0.15) is 23.7 Å².